The maximum atomic E-state index is 5.91. The van der Waals surface area contributed by atoms with E-state index >= 15 is 0 Å². The van der Waals surface area contributed by atoms with Crippen LogP contribution in [-0.4, -0.2) is 45.1 Å². The Hall–Kier alpha value is -3.19. The number of hydrogen-bond donors (Lipinski definition) is 0. The predicted molar refractivity (Wildman–Crippen MR) is 116 cm³/mol. The second-order valence-electron chi connectivity index (χ2n) is 7.51. The Kier molecular flexibility index (Phi) is 4.73. The van der Waals surface area contributed by atoms with Crippen molar-refractivity contribution in [3.8, 4) is 22.8 Å². The fraction of sp³-hybridized carbons (Fsp3) is 0.227. The molecule has 0 aliphatic carbocycles. The largest absolute Gasteiger partial charge is 0.457 e. The van der Waals surface area contributed by atoms with Gasteiger partial charge in [-0.25, -0.2) is 14.6 Å². The molecule has 5 rings (SSSR count). The highest BCUT2D eigenvalue weighted by Crippen LogP contribution is 2.30. The fourth-order valence-corrected chi connectivity index (χ4v) is 3.97. The summed E-state index contributed by atoms with van der Waals surface area (Å²) in [7, 11) is 2.19. The van der Waals surface area contributed by atoms with E-state index < -0.39 is 0 Å². The highest BCUT2D eigenvalue weighted by Gasteiger charge is 2.23. The topological polar surface area (TPSA) is 56.1 Å². The molecule has 0 N–H and O–H groups in total. The lowest BCUT2D eigenvalue weighted by Gasteiger charge is -2.19. The lowest BCUT2D eigenvalue weighted by Crippen LogP contribution is -2.31. The van der Waals surface area contributed by atoms with Gasteiger partial charge in [0.1, 0.15) is 23.5 Å². The maximum absolute atomic E-state index is 5.91. The van der Waals surface area contributed by atoms with Crippen molar-refractivity contribution in [1.82, 2.24) is 24.6 Å². The normalized spacial score (nSPS) is 17.0. The summed E-state index contributed by atoms with van der Waals surface area (Å²) in [6.07, 6.45) is 5.89. The molecule has 2 aromatic carbocycles. The third-order valence-corrected chi connectivity index (χ3v) is 5.57. The van der Waals surface area contributed by atoms with Gasteiger partial charge in [0, 0.05) is 17.8 Å². The Morgan fingerprint density at radius 3 is 2.59 bits per heavy atom. The SMILES string of the molecule is BN1CCC[C@@H]1Cn1nc(-c2ccc(Oc3ccccc3)cc2)c2cncnc21. The highest BCUT2D eigenvalue weighted by atomic mass is 16.5. The zero-order valence-electron chi connectivity index (χ0n) is 16.4. The molecule has 1 fully saturated rings. The molecular formula is C22H22BN5O. The molecule has 4 aromatic rings. The second kappa shape index (κ2) is 7.68. The summed E-state index contributed by atoms with van der Waals surface area (Å²) in [5.74, 6) is 1.62. The fourth-order valence-electron chi connectivity index (χ4n) is 3.97. The van der Waals surface area contributed by atoms with Crippen LogP contribution in [0.1, 0.15) is 12.8 Å². The van der Waals surface area contributed by atoms with E-state index in [1.165, 1.54) is 12.8 Å². The van der Waals surface area contributed by atoms with E-state index in [4.69, 9.17) is 9.84 Å². The standard InChI is InChI=1S/C22H22BN5O/c23-27-12-4-5-17(27)14-28-22-20(13-24-15-25-22)21(26-28)16-8-10-19(11-9-16)29-18-6-2-1-3-7-18/h1-3,6-11,13,15,17H,4-5,12,14,23H2/t17-/m1/s1. The van der Waals surface area contributed by atoms with Gasteiger partial charge in [0.15, 0.2) is 13.6 Å². The number of aromatic nitrogens is 4. The van der Waals surface area contributed by atoms with E-state index in [1.807, 2.05) is 65.5 Å². The monoisotopic (exact) mass is 383 g/mol. The molecule has 0 saturated carbocycles. The Balaban J connectivity index is 1.45. The number of hydrogen-bond acceptors (Lipinski definition) is 5. The van der Waals surface area contributed by atoms with Crippen molar-refractivity contribution in [2.45, 2.75) is 25.4 Å². The summed E-state index contributed by atoms with van der Waals surface area (Å²) < 4.78 is 7.94. The number of ether oxygens (including phenoxy) is 1. The molecule has 1 aliphatic heterocycles. The molecular weight excluding hydrogens is 361 g/mol. The molecule has 0 unspecified atom stereocenters. The molecule has 0 spiro atoms. The van der Waals surface area contributed by atoms with Crippen molar-refractivity contribution in [2.24, 2.45) is 0 Å². The van der Waals surface area contributed by atoms with E-state index in [0.717, 1.165) is 46.9 Å². The number of benzene rings is 2. The third kappa shape index (κ3) is 3.61. The van der Waals surface area contributed by atoms with Crippen LogP contribution in [-0.2, 0) is 6.54 Å². The lowest BCUT2D eigenvalue weighted by molar-refractivity contribution is 0.363. The first-order valence-electron chi connectivity index (χ1n) is 9.98. The van der Waals surface area contributed by atoms with Crippen molar-refractivity contribution in [3.05, 3.63) is 67.1 Å². The van der Waals surface area contributed by atoms with Crippen molar-refractivity contribution in [3.63, 3.8) is 0 Å². The molecule has 3 heterocycles. The van der Waals surface area contributed by atoms with Crippen LogP contribution in [0.15, 0.2) is 67.1 Å². The Labute approximate surface area is 170 Å². The maximum Gasteiger partial charge on any atom is 0.185 e. The van der Waals surface area contributed by atoms with Crippen molar-refractivity contribution < 1.29 is 4.74 Å². The van der Waals surface area contributed by atoms with Gasteiger partial charge in [0.2, 0.25) is 0 Å². The molecule has 0 radical (unpaired) electrons. The van der Waals surface area contributed by atoms with E-state index in [0.29, 0.717) is 6.04 Å². The van der Waals surface area contributed by atoms with Crippen LogP contribution in [0.2, 0.25) is 0 Å². The molecule has 1 saturated heterocycles. The van der Waals surface area contributed by atoms with Crippen LogP contribution in [0.25, 0.3) is 22.3 Å². The zero-order valence-corrected chi connectivity index (χ0v) is 16.4. The van der Waals surface area contributed by atoms with Crippen LogP contribution < -0.4 is 4.74 Å². The third-order valence-electron chi connectivity index (χ3n) is 5.57. The predicted octanol–water partition coefficient (Wildman–Crippen LogP) is 3.30. The van der Waals surface area contributed by atoms with Crippen LogP contribution in [0.5, 0.6) is 11.5 Å². The van der Waals surface area contributed by atoms with Crippen LogP contribution in [0.4, 0.5) is 0 Å². The van der Waals surface area contributed by atoms with Gasteiger partial charge >= 0.3 is 0 Å². The molecule has 7 heteroatoms. The van der Waals surface area contributed by atoms with Crippen molar-refractivity contribution in [1.29, 1.82) is 0 Å². The Morgan fingerprint density at radius 2 is 1.83 bits per heavy atom. The molecule has 0 bridgehead atoms. The number of fused-ring (bicyclic) bond motifs is 1. The smallest absolute Gasteiger partial charge is 0.185 e. The van der Waals surface area contributed by atoms with E-state index in [1.54, 1.807) is 6.33 Å². The minimum Gasteiger partial charge on any atom is -0.457 e. The molecule has 6 nitrogen and oxygen atoms in total. The van der Waals surface area contributed by atoms with Gasteiger partial charge in [-0.05, 0) is 55.8 Å². The summed E-state index contributed by atoms with van der Waals surface area (Å²) in [5.41, 5.74) is 2.83. The van der Waals surface area contributed by atoms with Gasteiger partial charge in [-0.3, -0.25) is 0 Å². The van der Waals surface area contributed by atoms with E-state index in [-0.39, 0.29) is 0 Å². The number of rotatable bonds is 5. The van der Waals surface area contributed by atoms with Gasteiger partial charge in [-0.15, -0.1) is 0 Å². The van der Waals surface area contributed by atoms with E-state index in [2.05, 4.69) is 22.8 Å². The first-order chi connectivity index (χ1) is 14.3. The molecule has 1 atom stereocenters. The summed E-state index contributed by atoms with van der Waals surface area (Å²) in [6.45, 7) is 1.99. The number of nitrogens with zero attached hydrogens (tertiary/aromatic N) is 5. The zero-order chi connectivity index (χ0) is 19.6. The van der Waals surface area contributed by atoms with Crippen LogP contribution >= 0.6 is 0 Å². The second-order valence-corrected chi connectivity index (χ2v) is 7.51. The minimum absolute atomic E-state index is 0.502. The minimum atomic E-state index is 0.502. The number of para-hydroxylation sites is 1. The van der Waals surface area contributed by atoms with Gasteiger partial charge in [-0.2, -0.15) is 5.10 Å². The molecule has 29 heavy (non-hydrogen) atoms. The van der Waals surface area contributed by atoms with Gasteiger partial charge < -0.3 is 9.55 Å². The molecule has 1 aliphatic rings. The quantitative estimate of drug-likeness (QED) is 0.495. The summed E-state index contributed by atoms with van der Waals surface area (Å²) in [5, 5.41) is 5.89. The molecule has 144 valence electrons. The Bertz CT molecular complexity index is 1110. The van der Waals surface area contributed by atoms with E-state index in [9.17, 15) is 0 Å². The first kappa shape index (κ1) is 17.9. The van der Waals surface area contributed by atoms with Crippen molar-refractivity contribution in [2.75, 3.05) is 6.54 Å². The van der Waals surface area contributed by atoms with Gasteiger partial charge in [0.25, 0.3) is 0 Å². The first-order valence-corrected chi connectivity index (χ1v) is 9.98. The van der Waals surface area contributed by atoms with Crippen molar-refractivity contribution >= 4 is 19.0 Å². The average Bonchev–Trinajstić information content (AvgIpc) is 3.34. The van der Waals surface area contributed by atoms with Crippen LogP contribution in [0, 0.1) is 0 Å². The summed E-state index contributed by atoms with van der Waals surface area (Å²) in [4.78, 5) is 11.2. The Morgan fingerprint density at radius 1 is 1.03 bits per heavy atom. The average molecular weight is 383 g/mol. The summed E-state index contributed by atoms with van der Waals surface area (Å²) in [6, 6.07) is 18.3. The van der Waals surface area contributed by atoms with Gasteiger partial charge in [0.05, 0.1) is 11.9 Å². The molecule has 2 aromatic heterocycles. The lowest BCUT2D eigenvalue weighted by atomic mass is 10.1. The summed E-state index contributed by atoms with van der Waals surface area (Å²) >= 11 is 0. The molecule has 0 amide bonds. The van der Waals surface area contributed by atoms with Gasteiger partial charge in [-0.1, -0.05) is 18.2 Å². The highest BCUT2D eigenvalue weighted by molar-refractivity contribution is 6.04. The van der Waals surface area contributed by atoms with Crippen LogP contribution in [0.3, 0.4) is 0 Å².